The van der Waals surface area contributed by atoms with E-state index in [0.717, 1.165) is 0 Å². The number of rotatable bonds is 5. The lowest BCUT2D eigenvalue weighted by atomic mass is 10.2. The molecule has 26 heavy (non-hydrogen) atoms. The lowest BCUT2D eigenvalue weighted by Gasteiger charge is -2.03. The summed E-state index contributed by atoms with van der Waals surface area (Å²) in [4.78, 5) is 20.5. The van der Waals surface area contributed by atoms with Crippen molar-refractivity contribution in [3.63, 3.8) is 0 Å². The van der Waals surface area contributed by atoms with Gasteiger partial charge in [-0.1, -0.05) is 11.6 Å². The molecule has 0 unspecified atom stereocenters. The van der Waals surface area contributed by atoms with Crippen LogP contribution in [0.3, 0.4) is 0 Å². The summed E-state index contributed by atoms with van der Waals surface area (Å²) >= 11 is 5.76. The highest BCUT2D eigenvalue weighted by Crippen LogP contribution is 2.31. The van der Waals surface area contributed by atoms with Crippen molar-refractivity contribution in [3.8, 4) is 23.0 Å². The van der Waals surface area contributed by atoms with Crippen LogP contribution in [0.2, 0.25) is 5.02 Å². The van der Waals surface area contributed by atoms with Crippen LogP contribution in [0.5, 0.6) is 11.5 Å². The lowest BCUT2D eigenvalue weighted by Crippen LogP contribution is -2.24. The number of methoxy groups -OCH3 is 1. The number of carbonyl (C=O) groups excluding carboxylic acids is 1. The number of phenolic OH excluding ortho intramolecular Hbond substituents is 1. The number of hydrogen-bond donors (Lipinski definition) is 2. The predicted octanol–water partition coefficient (Wildman–Crippen LogP) is 3.34. The van der Waals surface area contributed by atoms with Crippen LogP contribution in [0.25, 0.3) is 11.5 Å². The first-order chi connectivity index (χ1) is 12.5. The number of benzene rings is 1. The summed E-state index contributed by atoms with van der Waals surface area (Å²) in [5.74, 6) is 0.922. The summed E-state index contributed by atoms with van der Waals surface area (Å²) in [7, 11) is 1.47. The minimum atomic E-state index is -0.340. The van der Waals surface area contributed by atoms with Crippen LogP contribution in [0, 0.1) is 6.92 Å². The third-order valence-corrected chi connectivity index (χ3v) is 3.92. The van der Waals surface area contributed by atoms with E-state index in [2.05, 4.69) is 15.3 Å². The molecule has 0 bridgehead atoms. The highest BCUT2D eigenvalue weighted by molar-refractivity contribution is 6.30. The molecule has 1 amide bonds. The number of phenols is 1. The molecule has 3 rings (SSSR count). The van der Waals surface area contributed by atoms with Gasteiger partial charge in [0.15, 0.2) is 11.5 Å². The lowest BCUT2D eigenvalue weighted by molar-refractivity contribution is 0.0945. The van der Waals surface area contributed by atoms with Gasteiger partial charge in [0, 0.05) is 11.8 Å². The maximum absolute atomic E-state index is 12.1. The first-order valence-electron chi connectivity index (χ1n) is 7.71. The van der Waals surface area contributed by atoms with Crippen molar-refractivity contribution in [2.75, 3.05) is 7.11 Å². The molecule has 8 heteroatoms. The average molecular weight is 374 g/mol. The highest BCUT2D eigenvalue weighted by Gasteiger charge is 2.15. The fourth-order valence-electron chi connectivity index (χ4n) is 2.30. The van der Waals surface area contributed by atoms with E-state index in [9.17, 15) is 9.90 Å². The number of pyridine rings is 1. The summed E-state index contributed by atoms with van der Waals surface area (Å²) in [6.45, 7) is 1.93. The highest BCUT2D eigenvalue weighted by atomic mass is 35.5. The molecule has 0 aliphatic rings. The maximum Gasteiger partial charge on any atom is 0.270 e. The zero-order valence-corrected chi connectivity index (χ0v) is 14.9. The van der Waals surface area contributed by atoms with Crippen molar-refractivity contribution >= 4 is 17.5 Å². The number of oxazole rings is 1. The van der Waals surface area contributed by atoms with E-state index in [4.69, 9.17) is 20.8 Å². The number of nitrogens with zero attached hydrogens (tertiary/aromatic N) is 2. The van der Waals surface area contributed by atoms with E-state index in [1.165, 1.54) is 19.4 Å². The second-order valence-electron chi connectivity index (χ2n) is 5.45. The van der Waals surface area contributed by atoms with Gasteiger partial charge in [-0.05, 0) is 37.3 Å². The Labute approximate surface area is 154 Å². The average Bonchev–Trinajstić information content (AvgIpc) is 3.01. The number of amides is 1. The van der Waals surface area contributed by atoms with Gasteiger partial charge >= 0.3 is 0 Å². The quantitative estimate of drug-likeness (QED) is 0.711. The number of aromatic hydroxyl groups is 1. The van der Waals surface area contributed by atoms with Crippen LogP contribution in [0.15, 0.2) is 40.9 Å². The molecular weight excluding hydrogens is 358 g/mol. The van der Waals surface area contributed by atoms with Crippen molar-refractivity contribution in [3.05, 3.63) is 58.7 Å². The Bertz CT molecular complexity index is 938. The van der Waals surface area contributed by atoms with Gasteiger partial charge in [-0.3, -0.25) is 4.79 Å². The molecule has 0 fully saturated rings. The smallest absolute Gasteiger partial charge is 0.270 e. The van der Waals surface area contributed by atoms with Crippen LogP contribution in [0.4, 0.5) is 0 Å². The molecule has 0 saturated heterocycles. The Hall–Kier alpha value is -3.06. The number of aromatic nitrogens is 2. The van der Waals surface area contributed by atoms with Crippen LogP contribution in [0.1, 0.15) is 21.9 Å². The predicted molar refractivity (Wildman–Crippen MR) is 95.3 cm³/mol. The summed E-state index contributed by atoms with van der Waals surface area (Å²) in [6, 6.07) is 7.99. The standard InChI is InChI=1S/C18H16ClN3O4/c1-10-14(9-21-17(24)13-5-4-12(19)8-20-13)22-18(26-10)11-3-6-16(25-2)15(23)7-11/h3-8,23H,9H2,1-2H3,(H,21,24). The molecule has 7 nitrogen and oxygen atoms in total. The van der Waals surface area contributed by atoms with E-state index in [0.29, 0.717) is 33.7 Å². The molecular formula is C18H16ClN3O4. The van der Waals surface area contributed by atoms with E-state index >= 15 is 0 Å². The fourth-order valence-corrected chi connectivity index (χ4v) is 2.42. The Morgan fingerprint density at radius 2 is 2.15 bits per heavy atom. The third kappa shape index (κ3) is 3.78. The number of carbonyl (C=O) groups is 1. The molecule has 0 radical (unpaired) electrons. The Morgan fingerprint density at radius 3 is 2.81 bits per heavy atom. The summed E-state index contributed by atoms with van der Waals surface area (Å²) in [6.07, 6.45) is 1.41. The maximum atomic E-state index is 12.1. The molecule has 134 valence electrons. The monoisotopic (exact) mass is 373 g/mol. The zero-order valence-electron chi connectivity index (χ0n) is 14.1. The van der Waals surface area contributed by atoms with E-state index < -0.39 is 0 Å². The van der Waals surface area contributed by atoms with Crippen LogP contribution in [-0.4, -0.2) is 28.1 Å². The van der Waals surface area contributed by atoms with Gasteiger partial charge < -0.3 is 19.6 Å². The topological polar surface area (TPSA) is 97.5 Å². The van der Waals surface area contributed by atoms with E-state index in [-0.39, 0.29) is 23.9 Å². The largest absolute Gasteiger partial charge is 0.504 e. The Morgan fingerprint density at radius 1 is 1.35 bits per heavy atom. The first-order valence-corrected chi connectivity index (χ1v) is 8.09. The summed E-state index contributed by atoms with van der Waals surface area (Å²) in [5.41, 5.74) is 1.44. The molecule has 0 saturated carbocycles. The van der Waals surface area contributed by atoms with Gasteiger partial charge in [0.2, 0.25) is 5.89 Å². The third-order valence-electron chi connectivity index (χ3n) is 3.69. The molecule has 1 aromatic carbocycles. The molecule has 0 spiro atoms. The fraction of sp³-hybridized carbons (Fsp3) is 0.167. The van der Waals surface area contributed by atoms with Crippen molar-refractivity contribution in [1.82, 2.24) is 15.3 Å². The van der Waals surface area contributed by atoms with Gasteiger partial charge in [-0.15, -0.1) is 0 Å². The van der Waals surface area contributed by atoms with Gasteiger partial charge in [0.1, 0.15) is 17.1 Å². The Balaban J connectivity index is 1.73. The number of aryl methyl sites for hydroxylation is 1. The Kier molecular flexibility index (Phi) is 5.09. The van der Waals surface area contributed by atoms with Crippen molar-refractivity contribution in [2.24, 2.45) is 0 Å². The van der Waals surface area contributed by atoms with Gasteiger partial charge in [0.05, 0.1) is 18.7 Å². The molecule has 0 atom stereocenters. The number of halogens is 1. The van der Waals surface area contributed by atoms with Crippen molar-refractivity contribution < 1.29 is 19.1 Å². The van der Waals surface area contributed by atoms with E-state index in [1.54, 1.807) is 31.2 Å². The number of hydrogen-bond acceptors (Lipinski definition) is 6. The zero-order chi connectivity index (χ0) is 18.7. The van der Waals surface area contributed by atoms with Gasteiger partial charge in [-0.25, -0.2) is 9.97 Å². The van der Waals surface area contributed by atoms with Crippen molar-refractivity contribution in [2.45, 2.75) is 13.5 Å². The molecule has 2 heterocycles. The number of nitrogens with one attached hydrogen (secondary N) is 1. The van der Waals surface area contributed by atoms with Crippen molar-refractivity contribution in [1.29, 1.82) is 0 Å². The van der Waals surface area contributed by atoms with Gasteiger partial charge in [0.25, 0.3) is 5.91 Å². The van der Waals surface area contributed by atoms with Crippen LogP contribution < -0.4 is 10.1 Å². The number of ether oxygens (including phenoxy) is 1. The SMILES string of the molecule is COc1ccc(-c2nc(CNC(=O)c3ccc(Cl)cn3)c(C)o2)cc1O. The molecule has 3 aromatic rings. The summed E-state index contributed by atoms with van der Waals surface area (Å²) in [5, 5.41) is 13.1. The first kappa shape index (κ1) is 17.8. The van der Waals surface area contributed by atoms with E-state index in [1.807, 2.05) is 0 Å². The molecule has 2 N–H and O–H groups in total. The molecule has 0 aliphatic carbocycles. The van der Waals surface area contributed by atoms with Gasteiger partial charge in [-0.2, -0.15) is 0 Å². The second-order valence-corrected chi connectivity index (χ2v) is 5.89. The molecule has 0 aliphatic heterocycles. The summed E-state index contributed by atoms with van der Waals surface area (Å²) < 4.78 is 10.7. The normalized spacial score (nSPS) is 10.6. The minimum absolute atomic E-state index is 0.00970. The van der Waals surface area contributed by atoms with Crippen LogP contribution in [-0.2, 0) is 6.54 Å². The molecule has 2 aromatic heterocycles. The second kappa shape index (κ2) is 7.45. The minimum Gasteiger partial charge on any atom is -0.504 e. The van der Waals surface area contributed by atoms with Crippen LogP contribution >= 0.6 is 11.6 Å².